The van der Waals surface area contributed by atoms with Crippen LogP contribution in [0.25, 0.3) is 0 Å². The lowest BCUT2D eigenvalue weighted by atomic mass is 10.3. The Hall–Kier alpha value is -1.17. The van der Waals surface area contributed by atoms with Crippen molar-refractivity contribution in [3.8, 4) is 0 Å². The Morgan fingerprint density at radius 3 is 2.52 bits per heavy atom. The molecule has 1 aromatic carbocycles. The zero-order chi connectivity index (χ0) is 16.0. The van der Waals surface area contributed by atoms with Crippen LogP contribution in [-0.2, 0) is 10.0 Å². The molecule has 0 atom stereocenters. The summed E-state index contributed by atoms with van der Waals surface area (Å²) in [5.41, 5.74) is 6.57. The van der Waals surface area contributed by atoms with Crippen molar-refractivity contribution < 1.29 is 8.42 Å². The monoisotopic (exact) mass is 466 g/mol. The molecule has 0 aliphatic carbocycles. The van der Waals surface area contributed by atoms with Crippen LogP contribution in [-0.4, -0.2) is 27.5 Å². The molecule has 0 fully saturated rings. The fraction of sp³-hybridized carbons (Fsp3) is 0.214. The second-order valence-electron chi connectivity index (χ2n) is 4.52. The highest BCUT2D eigenvalue weighted by molar-refractivity contribution is 14.0. The van der Waals surface area contributed by atoms with Crippen LogP contribution >= 0.6 is 35.3 Å². The van der Waals surface area contributed by atoms with E-state index in [4.69, 9.17) is 5.73 Å². The second-order valence-corrected chi connectivity index (χ2v) is 7.80. The molecule has 2 rings (SSSR count). The summed E-state index contributed by atoms with van der Waals surface area (Å²) in [4.78, 5) is 5.03. The molecule has 1 aromatic heterocycles. The maximum Gasteiger partial charge on any atom is 0.250 e. The molecule has 9 heteroatoms. The fourth-order valence-electron chi connectivity index (χ4n) is 1.69. The molecule has 0 spiro atoms. The van der Waals surface area contributed by atoms with Gasteiger partial charge in [0.05, 0.1) is 6.54 Å². The molecular formula is C14H19IN4O2S2. The van der Waals surface area contributed by atoms with E-state index in [1.54, 1.807) is 12.1 Å². The van der Waals surface area contributed by atoms with Crippen LogP contribution in [0.4, 0.5) is 5.69 Å². The summed E-state index contributed by atoms with van der Waals surface area (Å²) < 4.78 is 26.8. The number of benzene rings is 1. The number of para-hydroxylation sites is 1. The molecule has 0 saturated carbocycles. The topological polar surface area (TPSA) is 96.6 Å². The van der Waals surface area contributed by atoms with Crippen molar-refractivity contribution in [2.75, 3.05) is 18.4 Å². The van der Waals surface area contributed by atoms with Crippen molar-refractivity contribution in [1.29, 1.82) is 0 Å². The van der Waals surface area contributed by atoms with E-state index in [0.29, 0.717) is 4.21 Å². The Labute approximate surface area is 157 Å². The molecule has 23 heavy (non-hydrogen) atoms. The van der Waals surface area contributed by atoms with Gasteiger partial charge in [-0.25, -0.2) is 13.1 Å². The van der Waals surface area contributed by atoms with Gasteiger partial charge in [0.15, 0.2) is 5.96 Å². The number of halogens is 1. The highest BCUT2D eigenvalue weighted by Crippen LogP contribution is 2.19. The SMILES string of the molecule is Cc1ccc(S(=O)(=O)NCCN=C(N)Nc2ccccc2)s1.I. The number of thiophene rings is 1. The van der Waals surface area contributed by atoms with Gasteiger partial charge in [-0.15, -0.1) is 35.3 Å². The van der Waals surface area contributed by atoms with E-state index in [0.717, 1.165) is 10.6 Å². The Morgan fingerprint density at radius 2 is 1.91 bits per heavy atom. The smallest absolute Gasteiger partial charge is 0.250 e. The van der Waals surface area contributed by atoms with E-state index >= 15 is 0 Å². The quantitative estimate of drug-likeness (QED) is 0.264. The summed E-state index contributed by atoms with van der Waals surface area (Å²) in [5, 5.41) is 2.93. The normalized spacial score (nSPS) is 11.8. The summed E-state index contributed by atoms with van der Waals surface area (Å²) in [6, 6.07) is 12.8. The molecule has 1 heterocycles. The molecule has 126 valence electrons. The van der Waals surface area contributed by atoms with Crippen LogP contribution in [0.5, 0.6) is 0 Å². The average Bonchev–Trinajstić information content (AvgIpc) is 2.92. The number of nitrogens with two attached hydrogens (primary N) is 1. The minimum atomic E-state index is -3.46. The highest BCUT2D eigenvalue weighted by Gasteiger charge is 2.14. The van der Waals surface area contributed by atoms with Crippen molar-refractivity contribution in [3.05, 3.63) is 47.3 Å². The Balaban J connectivity index is 0.00000264. The highest BCUT2D eigenvalue weighted by atomic mass is 127. The lowest BCUT2D eigenvalue weighted by molar-refractivity contribution is 0.584. The van der Waals surface area contributed by atoms with E-state index in [1.165, 1.54) is 11.3 Å². The minimum Gasteiger partial charge on any atom is -0.370 e. The number of nitrogens with one attached hydrogen (secondary N) is 2. The lowest BCUT2D eigenvalue weighted by Gasteiger charge is -2.06. The number of hydrogen-bond donors (Lipinski definition) is 3. The van der Waals surface area contributed by atoms with Gasteiger partial charge in [0.2, 0.25) is 10.0 Å². The molecule has 0 aliphatic heterocycles. The average molecular weight is 466 g/mol. The van der Waals surface area contributed by atoms with Gasteiger partial charge < -0.3 is 11.1 Å². The maximum absolute atomic E-state index is 12.0. The molecule has 0 aliphatic rings. The van der Waals surface area contributed by atoms with E-state index in [1.807, 2.05) is 37.3 Å². The molecule has 0 radical (unpaired) electrons. The van der Waals surface area contributed by atoms with Crippen LogP contribution in [0, 0.1) is 6.92 Å². The first-order valence-corrected chi connectivity index (χ1v) is 8.95. The third kappa shape index (κ3) is 6.45. The van der Waals surface area contributed by atoms with Gasteiger partial charge >= 0.3 is 0 Å². The predicted octanol–water partition coefficient (Wildman–Crippen LogP) is 2.38. The van der Waals surface area contributed by atoms with Gasteiger partial charge in [-0.3, -0.25) is 4.99 Å². The van der Waals surface area contributed by atoms with Crippen LogP contribution in [0.1, 0.15) is 4.88 Å². The largest absolute Gasteiger partial charge is 0.370 e. The van der Waals surface area contributed by atoms with Gasteiger partial charge in [-0.05, 0) is 31.2 Å². The Bertz CT molecular complexity index is 745. The number of nitrogens with zero attached hydrogens (tertiary/aromatic N) is 1. The first-order chi connectivity index (χ1) is 10.5. The predicted molar refractivity (Wildman–Crippen MR) is 106 cm³/mol. The summed E-state index contributed by atoms with van der Waals surface area (Å²) in [7, 11) is -3.46. The van der Waals surface area contributed by atoms with Gasteiger partial charge in [-0.1, -0.05) is 18.2 Å². The Kier molecular flexibility index (Phi) is 7.95. The zero-order valence-electron chi connectivity index (χ0n) is 12.5. The fourth-order valence-corrected chi connectivity index (χ4v) is 4.04. The number of aryl methyl sites for hydroxylation is 1. The van der Waals surface area contributed by atoms with E-state index < -0.39 is 10.0 Å². The van der Waals surface area contributed by atoms with Crippen LogP contribution in [0.2, 0.25) is 0 Å². The number of anilines is 1. The maximum atomic E-state index is 12.0. The van der Waals surface area contributed by atoms with E-state index in [9.17, 15) is 8.42 Å². The first kappa shape index (κ1) is 19.9. The van der Waals surface area contributed by atoms with Crippen LogP contribution < -0.4 is 15.8 Å². The number of rotatable bonds is 6. The number of aliphatic imine (C=N–C) groups is 1. The summed E-state index contributed by atoms with van der Waals surface area (Å²) >= 11 is 1.24. The second kappa shape index (κ2) is 9.21. The van der Waals surface area contributed by atoms with Crippen molar-refractivity contribution in [2.24, 2.45) is 10.7 Å². The molecule has 0 unspecified atom stereocenters. The third-order valence-corrected chi connectivity index (χ3v) is 5.67. The number of guanidine groups is 1. The molecule has 4 N–H and O–H groups in total. The molecule has 0 amide bonds. The Morgan fingerprint density at radius 1 is 1.22 bits per heavy atom. The number of hydrogen-bond acceptors (Lipinski definition) is 4. The summed E-state index contributed by atoms with van der Waals surface area (Å²) in [6.07, 6.45) is 0. The van der Waals surface area contributed by atoms with Crippen molar-refractivity contribution >= 4 is 57.0 Å². The zero-order valence-corrected chi connectivity index (χ0v) is 16.5. The van der Waals surface area contributed by atoms with Crippen molar-refractivity contribution in [1.82, 2.24) is 4.72 Å². The molecule has 0 saturated heterocycles. The van der Waals surface area contributed by atoms with Crippen molar-refractivity contribution in [2.45, 2.75) is 11.1 Å². The molecule has 6 nitrogen and oxygen atoms in total. The van der Waals surface area contributed by atoms with Crippen LogP contribution in [0.15, 0.2) is 51.7 Å². The van der Waals surface area contributed by atoms with Gasteiger partial charge in [0.1, 0.15) is 4.21 Å². The minimum absolute atomic E-state index is 0. The van der Waals surface area contributed by atoms with Gasteiger partial charge in [-0.2, -0.15) is 0 Å². The number of sulfonamides is 1. The van der Waals surface area contributed by atoms with E-state index in [-0.39, 0.29) is 43.0 Å². The molecule has 0 bridgehead atoms. The van der Waals surface area contributed by atoms with Gasteiger partial charge in [0, 0.05) is 17.1 Å². The van der Waals surface area contributed by atoms with Crippen molar-refractivity contribution in [3.63, 3.8) is 0 Å². The third-order valence-electron chi connectivity index (χ3n) is 2.71. The summed E-state index contributed by atoms with van der Waals surface area (Å²) in [6.45, 7) is 2.32. The van der Waals surface area contributed by atoms with Crippen LogP contribution in [0.3, 0.4) is 0 Å². The standard InChI is InChI=1S/C14H18N4O2S2.HI/c1-11-7-8-13(21-11)22(19,20)17-10-9-16-14(15)18-12-5-3-2-4-6-12;/h2-8,17H,9-10H2,1H3,(H3,15,16,18);1H. The molecular weight excluding hydrogens is 447 g/mol. The van der Waals surface area contributed by atoms with Gasteiger partial charge in [0.25, 0.3) is 0 Å². The summed E-state index contributed by atoms with van der Waals surface area (Å²) in [5.74, 6) is 0.248. The molecule has 2 aromatic rings. The lowest BCUT2D eigenvalue weighted by Crippen LogP contribution is -2.28. The first-order valence-electron chi connectivity index (χ1n) is 6.65. The van der Waals surface area contributed by atoms with E-state index in [2.05, 4.69) is 15.0 Å².